The zero-order valence-electron chi connectivity index (χ0n) is 10.5. The van der Waals surface area contributed by atoms with Crippen LogP contribution in [0.5, 0.6) is 0 Å². The average Bonchev–Trinajstić information content (AvgIpc) is 2.29. The number of rotatable bonds is 5. The summed E-state index contributed by atoms with van der Waals surface area (Å²) in [7, 11) is 0. The molecule has 0 aliphatic rings. The Bertz CT molecular complexity index is 393. The zero-order valence-corrected chi connectivity index (χ0v) is 10.5. The van der Waals surface area contributed by atoms with Gasteiger partial charge in [-0.2, -0.15) is 0 Å². The van der Waals surface area contributed by atoms with Crippen LogP contribution >= 0.6 is 0 Å². The van der Waals surface area contributed by atoms with E-state index in [2.05, 4.69) is 10.6 Å². The molecule has 0 unspecified atom stereocenters. The third kappa shape index (κ3) is 4.15. The zero-order chi connectivity index (χ0) is 12.8. The molecule has 0 saturated carbocycles. The molecule has 0 aliphatic heterocycles. The maximum absolute atomic E-state index is 13.0. The van der Waals surface area contributed by atoms with Crippen molar-refractivity contribution in [3.8, 4) is 0 Å². The molecule has 0 heterocycles. The summed E-state index contributed by atoms with van der Waals surface area (Å²) in [6.07, 6.45) is 0. The molecule has 17 heavy (non-hydrogen) atoms. The van der Waals surface area contributed by atoms with E-state index >= 15 is 0 Å². The van der Waals surface area contributed by atoms with Crippen molar-refractivity contribution in [3.63, 3.8) is 0 Å². The van der Waals surface area contributed by atoms with Gasteiger partial charge < -0.3 is 10.6 Å². The number of carbonyl (C=O) groups is 1. The predicted octanol–water partition coefficient (Wildman–Crippen LogP) is 1.86. The van der Waals surface area contributed by atoms with E-state index in [9.17, 15) is 9.18 Å². The van der Waals surface area contributed by atoms with E-state index in [1.165, 1.54) is 12.1 Å². The van der Waals surface area contributed by atoms with Crippen molar-refractivity contribution in [2.24, 2.45) is 0 Å². The molecule has 4 heteroatoms. The Kier molecular flexibility index (Phi) is 5.10. The summed E-state index contributed by atoms with van der Waals surface area (Å²) in [5.41, 5.74) is 1.17. The smallest absolute Gasteiger partial charge is 0.251 e. The van der Waals surface area contributed by atoms with Gasteiger partial charge in [0.2, 0.25) is 0 Å². The summed E-state index contributed by atoms with van der Waals surface area (Å²) < 4.78 is 13.0. The van der Waals surface area contributed by atoms with Gasteiger partial charge in [-0.15, -0.1) is 0 Å². The lowest BCUT2D eigenvalue weighted by atomic mass is 10.1. The molecule has 0 bridgehead atoms. The quantitative estimate of drug-likeness (QED) is 0.822. The van der Waals surface area contributed by atoms with Gasteiger partial charge in [-0.25, -0.2) is 4.39 Å². The average molecular weight is 238 g/mol. The van der Waals surface area contributed by atoms with Gasteiger partial charge in [-0.05, 0) is 38.1 Å². The molecule has 94 valence electrons. The van der Waals surface area contributed by atoms with Crippen molar-refractivity contribution in [1.29, 1.82) is 0 Å². The van der Waals surface area contributed by atoms with Crippen LogP contribution in [-0.2, 0) is 0 Å². The van der Waals surface area contributed by atoms with E-state index in [1.54, 1.807) is 13.0 Å². The molecule has 0 aromatic heterocycles. The molecule has 2 N–H and O–H groups in total. The van der Waals surface area contributed by atoms with Crippen LogP contribution in [0.3, 0.4) is 0 Å². The predicted molar refractivity (Wildman–Crippen MR) is 66.6 cm³/mol. The lowest BCUT2D eigenvalue weighted by Gasteiger charge is -2.14. The van der Waals surface area contributed by atoms with Gasteiger partial charge in [0.25, 0.3) is 5.91 Å². The van der Waals surface area contributed by atoms with E-state index < -0.39 is 0 Å². The van der Waals surface area contributed by atoms with Crippen LogP contribution in [0, 0.1) is 12.7 Å². The summed E-state index contributed by atoms with van der Waals surface area (Å²) in [5, 5.41) is 5.97. The first-order valence-electron chi connectivity index (χ1n) is 5.82. The number of aryl methyl sites for hydroxylation is 1. The standard InChI is InChI=1S/C13H19FN2O/c1-4-15-10(3)8-16-13(17)12-7-11(14)6-5-9(12)2/h5-7,10,15H,4,8H2,1-3H3,(H,16,17)/t10-/m1/s1. The van der Waals surface area contributed by atoms with Gasteiger partial charge in [-0.3, -0.25) is 4.79 Å². The number of halogens is 1. The van der Waals surface area contributed by atoms with Crippen LogP contribution in [0.4, 0.5) is 4.39 Å². The topological polar surface area (TPSA) is 41.1 Å². The molecule has 0 radical (unpaired) electrons. The SMILES string of the molecule is CCN[C@H](C)CNC(=O)c1cc(F)ccc1C. The molecule has 1 atom stereocenters. The third-order valence-electron chi connectivity index (χ3n) is 2.57. The Hall–Kier alpha value is -1.42. The van der Waals surface area contributed by atoms with E-state index in [0.717, 1.165) is 12.1 Å². The molecule has 3 nitrogen and oxygen atoms in total. The van der Waals surface area contributed by atoms with Crippen LogP contribution in [0.2, 0.25) is 0 Å². The van der Waals surface area contributed by atoms with Gasteiger partial charge >= 0.3 is 0 Å². The van der Waals surface area contributed by atoms with Crippen LogP contribution in [-0.4, -0.2) is 25.0 Å². The second-order valence-corrected chi connectivity index (χ2v) is 4.13. The number of benzene rings is 1. The summed E-state index contributed by atoms with van der Waals surface area (Å²) in [5.74, 6) is -0.618. The molecule has 1 amide bonds. The van der Waals surface area contributed by atoms with Crippen molar-refractivity contribution < 1.29 is 9.18 Å². The van der Waals surface area contributed by atoms with Crippen molar-refractivity contribution >= 4 is 5.91 Å². The monoisotopic (exact) mass is 238 g/mol. The summed E-state index contributed by atoms with van der Waals surface area (Å²) in [4.78, 5) is 11.8. The first kappa shape index (κ1) is 13.6. The number of likely N-dealkylation sites (N-methyl/N-ethyl adjacent to an activating group) is 1. The molecule has 0 spiro atoms. The molecule has 1 aromatic rings. The maximum Gasteiger partial charge on any atom is 0.251 e. The van der Waals surface area contributed by atoms with Gasteiger partial charge in [0.1, 0.15) is 5.82 Å². The fourth-order valence-electron chi connectivity index (χ4n) is 1.60. The minimum Gasteiger partial charge on any atom is -0.350 e. The first-order chi connectivity index (χ1) is 8.04. The summed E-state index contributed by atoms with van der Waals surface area (Å²) in [6.45, 7) is 7.18. The number of nitrogens with one attached hydrogen (secondary N) is 2. The maximum atomic E-state index is 13.0. The summed E-state index contributed by atoms with van der Waals surface area (Å²) >= 11 is 0. The second-order valence-electron chi connectivity index (χ2n) is 4.13. The molecule has 0 fully saturated rings. The van der Waals surface area contributed by atoms with Gasteiger partial charge in [-0.1, -0.05) is 13.0 Å². The van der Waals surface area contributed by atoms with Crippen molar-refractivity contribution in [3.05, 3.63) is 35.1 Å². The van der Waals surface area contributed by atoms with E-state index in [0.29, 0.717) is 12.1 Å². The highest BCUT2D eigenvalue weighted by atomic mass is 19.1. The molecule has 1 rings (SSSR count). The van der Waals surface area contributed by atoms with Crippen LogP contribution in [0.15, 0.2) is 18.2 Å². The van der Waals surface area contributed by atoms with Crippen LogP contribution in [0.25, 0.3) is 0 Å². The summed E-state index contributed by atoms with van der Waals surface area (Å²) in [6, 6.07) is 4.44. The fourth-order valence-corrected chi connectivity index (χ4v) is 1.60. The molecular formula is C13H19FN2O. The lowest BCUT2D eigenvalue weighted by molar-refractivity contribution is 0.0949. The molecular weight excluding hydrogens is 219 g/mol. The molecule has 0 saturated heterocycles. The van der Waals surface area contributed by atoms with Gasteiger partial charge in [0.05, 0.1) is 0 Å². The first-order valence-corrected chi connectivity index (χ1v) is 5.82. The highest BCUT2D eigenvalue weighted by molar-refractivity contribution is 5.95. The Labute approximate surface area is 101 Å². The van der Waals surface area contributed by atoms with Crippen molar-refractivity contribution in [2.45, 2.75) is 26.8 Å². The molecule has 0 aliphatic carbocycles. The minimum atomic E-state index is -0.388. The van der Waals surface area contributed by atoms with Crippen LogP contribution < -0.4 is 10.6 Å². The molecule has 1 aromatic carbocycles. The van der Waals surface area contributed by atoms with Crippen LogP contribution in [0.1, 0.15) is 29.8 Å². The minimum absolute atomic E-state index is 0.206. The number of hydrogen-bond acceptors (Lipinski definition) is 2. The second kappa shape index (κ2) is 6.35. The Morgan fingerprint density at radius 1 is 1.47 bits per heavy atom. The van der Waals surface area contributed by atoms with Gasteiger partial charge in [0.15, 0.2) is 0 Å². The largest absolute Gasteiger partial charge is 0.350 e. The normalized spacial score (nSPS) is 12.2. The Morgan fingerprint density at radius 3 is 2.82 bits per heavy atom. The van der Waals surface area contributed by atoms with E-state index in [-0.39, 0.29) is 17.8 Å². The van der Waals surface area contributed by atoms with E-state index in [1.807, 2.05) is 13.8 Å². The number of hydrogen-bond donors (Lipinski definition) is 2. The highest BCUT2D eigenvalue weighted by Crippen LogP contribution is 2.09. The number of amides is 1. The van der Waals surface area contributed by atoms with Gasteiger partial charge in [0, 0.05) is 18.2 Å². The van der Waals surface area contributed by atoms with E-state index in [4.69, 9.17) is 0 Å². The Balaban J connectivity index is 2.61. The highest BCUT2D eigenvalue weighted by Gasteiger charge is 2.10. The van der Waals surface area contributed by atoms with Crippen molar-refractivity contribution in [2.75, 3.05) is 13.1 Å². The third-order valence-corrected chi connectivity index (χ3v) is 2.57. The number of carbonyl (C=O) groups excluding carboxylic acids is 1. The Morgan fingerprint density at radius 2 is 2.18 bits per heavy atom. The lowest BCUT2D eigenvalue weighted by Crippen LogP contribution is -2.39. The van der Waals surface area contributed by atoms with Crippen molar-refractivity contribution in [1.82, 2.24) is 10.6 Å². The fraction of sp³-hybridized carbons (Fsp3) is 0.462.